The van der Waals surface area contributed by atoms with Crippen molar-refractivity contribution in [1.29, 1.82) is 0 Å². The molecule has 0 amide bonds. The molecule has 117 valence electrons. The fraction of sp³-hybridized carbons (Fsp3) is 0.176. The van der Waals surface area contributed by atoms with Gasteiger partial charge in [-0.3, -0.25) is 9.98 Å². The predicted octanol–water partition coefficient (Wildman–Crippen LogP) is 4.98. The third-order valence-corrected chi connectivity index (χ3v) is 2.99. The van der Waals surface area contributed by atoms with Crippen LogP contribution in [0.25, 0.3) is 11.5 Å². The maximum Gasteiger partial charge on any atom is 2.00 e. The third-order valence-electron chi connectivity index (χ3n) is 2.99. The minimum absolute atomic E-state index is 0. The standard InChI is InChI=1S/C17H18N4.Cu/c1-13(21-12-15-7-3-5-9-17(15)19)10-20-11-14-6-2-4-8-16(14)18;/h2-9,11-13,18-19H,10H2,1H3;/q-2;+2. The van der Waals surface area contributed by atoms with E-state index in [2.05, 4.69) is 9.98 Å². The Morgan fingerprint density at radius 2 is 1.41 bits per heavy atom. The van der Waals surface area contributed by atoms with Crippen molar-refractivity contribution in [2.75, 3.05) is 6.54 Å². The number of nitrogens with one attached hydrogen (secondary N) is 2. The van der Waals surface area contributed by atoms with Gasteiger partial charge in [-0.15, -0.1) is 11.4 Å². The molecule has 22 heavy (non-hydrogen) atoms. The van der Waals surface area contributed by atoms with Gasteiger partial charge in [-0.2, -0.15) is 0 Å². The molecule has 1 atom stereocenters. The number of aliphatic imine (C=N–C) groups is 2. The first-order chi connectivity index (χ1) is 10.2. The molecule has 2 aromatic rings. The molecule has 4 nitrogen and oxygen atoms in total. The van der Waals surface area contributed by atoms with Crippen LogP contribution in [-0.4, -0.2) is 25.0 Å². The van der Waals surface area contributed by atoms with Crippen molar-refractivity contribution in [1.82, 2.24) is 0 Å². The van der Waals surface area contributed by atoms with Crippen LogP contribution in [0.2, 0.25) is 0 Å². The summed E-state index contributed by atoms with van der Waals surface area (Å²) in [7, 11) is 0. The molecule has 0 aliphatic carbocycles. The minimum Gasteiger partial charge on any atom is -0.698 e. The average molecular weight is 342 g/mol. The van der Waals surface area contributed by atoms with E-state index in [1.165, 1.54) is 0 Å². The van der Waals surface area contributed by atoms with E-state index in [0.717, 1.165) is 11.1 Å². The Balaban J connectivity index is 0.00000242. The zero-order valence-electron chi connectivity index (χ0n) is 12.3. The van der Waals surface area contributed by atoms with Gasteiger partial charge in [0.05, 0.1) is 12.6 Å². The van der Waals surface area contributed by atoms with E-state index >= 15 is 0 Å². The molecule has 0 aliphatic heterocycles. The summed E-state index contributed by atoms with van der Waals surface area (Å²) in [5.41, 5.74) is 18.0. The molecule has 0 fully saturated rings. The van der Waals surface area contributed by atoms with Gasteiger partial charge in [0, 0.05) is 12.4 Å². The van der Waals surface area contributed by atoms with Crippen molar-refractivity contribution in [3.63, 3.8) is 0 Å². The fourth-order valence-electron chi connectivity index (χ4n) is 1.78. The molecule has 1 radical (unpaired) electrons. The van der Waals surface area contributed by atoms with Gasteiger partial charge in [-0.1, -0.05) is 48.5 Å². The van der Waals surface area contributed by atoms with E-state index < -0.39 is 0 Å². The SMILES string of the molecule is CC(CN=Cc1ccccc1[NH-])N=Cc1ccccc1[NH-].[Cu+2]. The van der Waals surface area contributed by atoms with Gasteiger partial charge in [-0.25, -0.2) is 0 Å². The predicted molar refractivity (Wildman–Crippen MR) is 90.4 cm³/mol. The Hall–Kier alpha value is -2.10. The fourth-order valence-corrected chi connectivity index (χ4v) is 1.78. The zero-order valence-corrected chi connectivity index (χ0v) is 13.2. The van der Waals surface area contributed by atoms with Crippen LogP contribution < -0.4 is 0 Å². The zero-order chi connectivity index (χ0) is 15.1. The summed E-state index contributed by atoms with van der Waals surface area (Å²) >= 11 is 0. The summed E-state index contributed by atoms with van der Waals surface area (Å²) < 4.78 is 0. The molecule has 1 unspecified atom stereocenters. The maximum absolute atomic E-state index is 7.75. The molecule has 0 heterocycles. The van der Waals surface area contributed by atoms with Crippen molar-refractivity contribution in [3.8, 4) is 0 Å². The van der Waals surface area contributed by atoms with E-state index in [0.29, 0.717) is 17.9 Å². The van der Waals surface area contributed by atoms with Gasteiger partial charge >= 0.3 is 17.1 Å². The Kier molecular flexibility index (Phi) is 7.37. The van der Waals surface area contributed by atoms with Gasteiger partial charge in [0.15, 0.2) is 0 Å². The second-order valence-corrected chi connectivity index (χ2v) is 4.80. The summed E-state index contributed by atoms with van der Waals surface area (Å²) in [6.45, 7) is 2.54. The van der Waals surface area contributed by atoms with Crippen LogP contribution in [0.15, 0.2) is 58.5 Å². The summed E-state index contributed by atoms with van der Waals surface area (Å²) in [6.07, 6.45) is 3.44. The minimum atomic E-state index is 0. The second kappa shape index (κ2) is 9.03. The topological polar surface area (TPSA) is 72.3 Å². The number of hydrogen-bond donors (Lipinski definition) is 0. The van der Waals surface area contributed by atoms with Crippen LogP contribution >= 0.6 is 0 Å². The molecule has 2 N–H and O–H groups in total. The van der Waals surface area contributed by atoms with Crippen LogP contribution in [0.3, 0.4) is 0 Å². The molecular formula is C17H18CuN4. The van der Waals surface area contributed by atoms with E-state index in [1.54, 1.807) is 24.6 Å². The Morgan fingerprint density at radius 3 is 1.95 bits per heavy atom. The van der Waals surface area contributed by atoms with Gasteiger partial charge in [0.25, 0.3) is 0 Å². The second-order valence-electron chi connectivity index (χ2n) is 4.80. The van der Waals surface area contributed by atoms with Crippen molar-refractivity contribution in [2.24, 2.45) is 9.98 Å². The quantitative estimate of drug-likeness (QED) is 0.543. The molecule has 0 saturated carbocycles. The van der Waals surface area contributed by atoms with E-state index in [4.69, 9.17) is 11.5 Å². The largest absolute Gasteiger partial charge is 2.00 e. The van der Waals surface area contributed by atoms with Crippen molar-refractivity contribution in [2.45, 2.75) is 13.0 Å². The van der Waals surface area contributed by atoms with Gasteiger partial charge in [0.1, 0.15) is 0 Å². The van der Waals surface area contributed by atoms with E-state index in [1.807, 2.05) is 43.3 Å². The molecular weight excluding hydrogens is 324 g/mol. The Morgan fingerprint density at radius 1 is 0.909 bits per heavy atom. The van der Waals surface area contributed by atoms with Gasteiger partial charge in [0.2, 0.25) is 0 Å². The van der Waals surface area contributed by atoms with Crippen LogP contribution in [0.4, 0.5) is 11.4 Å². The number of hydrogen-bond acceptors (Lipinski definition) is 2. The number of rotatable bonds is 5. The number of nitrogens with zero attached hydrogens (tertiary/aromatic N) is 2. The van der Waals surface area contributed by atoms with Gasteiger partial charge < -0.3 is 11.5 Å². The molecule has 0 spiro atoms. The third kappa shape index (κ3) is 5.35. The van der Waals surface area contributed by atoms with Crippen LogP contribution in [0, 0.1) is 0 Å². The molecule has 2 rings (SSSR count). The summed E-state index contributed by atoms with van der Waals surface area (Å²) in [5, 5.41) is 0. The van der Waals surface area contributed by atoms with Crippen LogP contribution in [0.1, 0.15) is 18.1 Å². The van der Waals surface area contributed by atoms with Gasteiger partial charge in [-0.05, 0) is 18.1 Å². The summed E-state index contributed by atoms with van der Waals surface area (Å²) in [6, 6.07) is 14.7. The van der Waals surface area contributed by atoms with Crippen molar-refractivity contribution < 1.29 is 17.1 Å². The normalized spacial score (nSPS) is 12.4. The summed E-state index contributed by atoms with van der Waals surface area (Å²) in [5.74, 6) is 0. The smallest absolute Gasteiger partial charge is 0.698 e. The molecule has 0 bridgehead atoms. The van der Waals surface area contributed by atoms with E-state index in [-0.39, 0.29) is 23.1 Å². The first-order valence-corrected chi connectivity index (χ1v) is 6.81. The summed E-state index contributed by atoms with van der Waals surface area (Å²) in [4.78, 5) is 8.73. The molecule has 0 aliphatic rings. The molecule has 0 aromatic heterocycles. The van der Waals surface area contributed by atoms with Crippen molar-refractivity contribution >= 4 is 23.8 Å². The molecule has 5 heteroatoms. The first kappa shape index (κ1) is 17.9. The Bertz CT molecular complexity index is 653. The van der Waals surface area contributed by atoms with E-state index in [9.17, 15) is 0 Å². The number of benzene rings is 2. The monoisotopic (exact) mass is 341 g/mol. The maximum atomic E-state index is 7.75. The Labute approximate surface area is 141 Å². The first-order valence-electron chi connectivity index (χ1n) is 6.81. The van der Waals surface area contributed by atoms with Crippen LogP contribution in [-0.2, 0) is 17.1 Å². The van der Waals surface area contributed by atoms with Crippen LogP contribution in [0.5, 0.6) is 0 Å². The average Bonchev–Trinajstić information content (AvgIpc) is 2.48. The van der Waals surface area contributed by atoms with Crippen molar-refractivity contribution in [3.05, 3.63) is 71.1 Å². The molecule has 0 saturated heterocycles. The molecule has 2 aromatic carbocycles.